The second-order valence-electron chi connectivity index (χ2n) is 0.250. The van der Waals surface area contributed by atoms with Crippen LogP contribution in [0.25, 0.3) is 0 Å². The number of hydrogen-bond acceptors (Lipinski definition) is 3. The third-order valence-electron chi connectivity index (χ3n) is 0. The molecule has 0 saturated carbocycles. The van der Waals surface area contributed by atoms with E-state index in [4.69, 9.17) is 15.0 Å². The Morgan fingerprint density at radius 3 is 1.25 bits per heavy atom. The van der Waals surface area contributed by atoms with Crippen LogP contribution in [-0.2, 0) is 12.8 Å². The average Bonchev–Trinajstić information content (AvgIpc) is 1.41. The first-order chi connectivity index (χ1) is 2.73. The summed E-state index contributed by atoms with van der Waals surface area (Å²) in [6.07, 6.45) is -2.33. The summed E-state index contributed by atoms with van der Waals surface area (Å²) in [5.74, 6) is 0. The van der Waals surface area contributed by atoms with Crippen molar-refractivity contribution in [2.24, 2.45) is 0 Å². The fourth-order valence-corrected chi connectivity index (χ4v) is 0. The van der Waals surface area contributed by atoms with Gasteiger partial charge >= 0.3 is 171 Å². The van der Waals surface area contributed by atoms with E-state index in [1.54, 1.807) is 20.3 Å². The summed E-state index contributed by atoms with van der Waals surface area (Å²) in [5.41, 5.74) is 0. The molecule has 0 aromatic rings. The van der Waals surface area contributed by atoms with Crippen LogP contribution in [0.1, 0.15) is 0 Å². The van der Waals surface area contributed by atoms with Gasteiger partial charge in [0.2, 0.25) is 0 Å². The summed E-state index contributed by atoms with van der Waals surface area (Å²) in [6, 6.07) is 0. The van der Waals surface area contributed by atoms with Crippen LogP contribution in [0.4, 0.5) is 4.79 Å². The van der Waals surface area contributed by atoms with Crippen molar-refractivity contribution in [2.75, 3.05) is 0 Å². The van der Waals surface area contributed by atoms with Crippen LogP contribution < -0.4 is 148 Å². The van der Waals surface area contributed by atoms with Crippen molar-refractivity contribution >= 4 is 26.5 Å². The molecule has 0 radical (unpaired) electrons. The van der Waals surface area contributed by atoms with Crippen molar-refractivity contribution in [1.82, 2.24) is 0 Å². The minimum atomic E-state index is -2.33. The zero-order valence-electron chi connectivity index (χ0n) is 4.40. The third-order valence-corrected chi connectivity index (χ3v) is 0. The van der Waals surface area contributed by atoms with E-state index in [0.29, 0.717) is 0 Å². The zero-order valence-corrected chi connectivity index (χ0v) is 20.1. The van der Waals surface area contributed by atoms with E-state index in [9.17, 15) is 0 Å². The van der Waals surface area contributed by atoms with E-state index in [-0.39, 0.29) is 138 Å². The summed E-state index contributed by atoms with van der Waals surface area (Å²) >= 11 is 5.87. The second kappa shape index (κ2) is 22.6. The molecule has 0 atom stereocenters. The molecule has 42 valence electrons. The van der Waals surface area contributed by atoms with E-state index in [1.807, 2.05) is 0 Å². The first-order valence-corrected chi connectivity index (χ1v) is 3.76. The van der Waals surface area contributed by atoms with Crippen molar-refractivity contribution in [1.29, 1.82) is 0 Å². The van der Waals surface area contributed by atoms with E-state index in [1.165, 1.54) is 0 Å². The Hall–Kier alpha value is 4.62. The predicted molar refractivity (Wildman–Crippen MR) is 19.4 cm³/mol. The molecule has 0 aliphatic rings. The molecule has 0 bridgehead atoms. The number of halogens is 1. The maximum atomic E-state index is 8.33. The first kappa shape index (κ1) is 22.9. The summed E-state index contributed by atoms with van der Waals surface area (Å²) in [7, 11) is 0. The van der Waals surface area contributed by atoms with Crippen LogP contribution in [0.5, 0.6) is 0 Å². The maximum absolute atomic E-state index is 8.33. The van der Waals surface area contributed by atoms with Gasteiger partial charge in [-0.25, -0.2) is 0 Å². The van der Waals surface area contributed by atoms with Crippen LogP contribution in [0.15, 0.2) is 0 Å². The number of hydrogen-bond donors (Lipinski definition) is 0. The van der Waals surface area contributed by atoms with Gasteiger partial charge in [0.1, 0.15) is 0 Å². The molecule has 3 nitrogen and oxygen atoms in total. The third kappa shape index (κ3) is 46.0. The molecule has 0 fully saturated rings. The summed E-state index contributed by atoms with van der Waals surface area (Å²) in [5, 5.41) is 16.7. The van der Waals surface area contributed by atoms with Crippen molar-refractivity contribution in [3.63, 3.8) is 0 Å². The molecule has 0 aromatic carbocycles. The van der Waals surface area contributed by atoms with Gasteiger partial charge in [-0.3, -0.25) is 0 Å². The van der Waals surface area contributed by atoms with Crippen LogP contribution in [-0.4, -0.2) is 6.16 Å². The molecule has 0 rings (SSSR count). The van der Waals surface area contributed by atoms with Gasteiger partial charge in [0.15, 0.2) is 0 Å². The Labute approximate surface area is 185 Å². The van der Waals surface area contributed by atoms with Gasteiger partial charge in [0.25, 0.3) is 0 Å². The van der Waals surface area contributed by atoms with E-state index >= 15 is 0 Å². The molecule has 0 spiro atoms. The van der Waals surface area contributed by atoms with Crippen molar-refractivity contribution in [3.05, 3.63) is 0 Å². The van der Waals surface area contributed by atoms with Crippen LogP contribution >= 0.6 is 20.3 Å². The molecule has 0 aromatic heterocycles. The normalized spacial score (nSPS) is 3.88. The van der Waals surface area contributed by atoms with E-state index < -0.39 is 6.16 Å². The van der Waals surface area contributed by atoms with E-state index in [0.717, 1.165) is 0 Å². The van der Waals surface area contributed by atoms with Gasteiger partial charge in [-0.15, -0.1) is 0 Å². The van der Waals surface area contributed by atoms with Crippen molar-refractivity contribution in [3.8, 4) is 0 Å². The molecule has 0 amide bonds. The molecule has 0 N–H and O–H groups in total. The Morgan fingerprint density at radius 1 is 1.25 bits per heavy atom. The molecular weight excluding hydrogens is 516 g/mol. The summed E-state index contributed by atoms with van der Waals surface area (Å²) in [6.45, 7) is 0. The Kier molecular flexibility index (Phi) is 64.7. The van der Waals surface area contributed by atoms with E-state index in [2.05, 4.69) is 12.8 Å². The Morgan fingerprint density at radius 2 is 1.25 bits per heavy atom. The molecule has 0 heterocycles. The molecule has 0 saturated heterocycles. The van der Waals surface area contributed by atoms with Gasteiger partial charge < -0.3 is 15.0 Å². The summed E-state index contributed by atoms with van der Waals surface area (Å²) in [4.78, 5) is 8.33. The SMILES string of the molecule is O=C([O-])[O-].[Cs+].[Cs+].[Cu][I]. The predicted octanol–water partition coefficient (Wildman–Crippen LogP) is -7.56. The number of carboxylic acid groups (broad SMARTS) is 2. The van der Waals surface area contributed by atoms with Crippen molar-refractivity contribution in [2.45, 2.75) is 0 Å². The van der Waals surface area contributed by atoms with Crippen molar-refractivity contribution < 1.29 is 166 Å². The molecule has 8 heavy (non-hydrogen) atoms. The van der Waals surface area contributed by atoms with Gasteiger partial charge in [-0.2, -0.15) is 0 Å². The second-order valence-corrected chi connectivity index (χ2v) is 0.250. The standard InChI is InChI=1S/CH2O3.2Cs.Cu.HI/c2-1(3)4;;;;/h(H2,2,3,4);;;;1H/q;3*+1;/p-3. The number of carbonyl (C=O) groups excluding carboxylic acids is 1. The first-order valence-electron chi connectivity index (χ1n) is 0.726. The average molecular weight is 516 g/mol. The monoisotopic (exact) mass is 516 g/mol. The number of carbonyl (C=O) groups is 1. The zero-order chi connectivity index (χ0) is 5.58. The fraction of sp³-hybridized carbons (Fsp3) is 0. The van der Waals surface area contributed by atoms with Gasteiger partial charge in [-0.05, 0) is 6.16 Å². The fourth-order valence-electron chi connectivity index (χ4n) is 0. The summed E-state index contributed by atoms with van der Waals surface area (Å²) < 4.78 is 0. The number of rotatable bonds is 0. The Bertz CT molecular complexity index is 40.3. The molecule has 0 unspecified atom stereocenters. The topological polar surface area (TPSA) is 63.2 Å². The molecule has 0 aliphatic carbocycles. The molecule has 0 aliphatic heterocycles. The molecule has 7 heteroatoms. The Balaban J connectivity index is -0.0000000183. The minimum absolute atomic E-state index is 0. The van der Waals surface area contributed by atoms with Gasteiger partial charge in [-0.1, -0.05) is 0 Å². The van der Waals surface area contributed by atoms with Gasteiger partial charge in [0.05, 0.1) is 0 Å². The van der Waals surface area contributed by atoms with Gasteiger partial charge in [0, 0.05) is 0 Å². The quantitative estimate of drug-likeness (QED) is 0.238. The van der Waals surface area contributed by atoms with Crippen LogP contribution in [0.2, 0.25) is 0 Å². The molecular formula is CCs2CuIO3. The van der Waals surface area contributed by atoms with Crippen LogP contribution in [0, 0.1) is 0 Å². The van der Waals surface area contributed by atoms with Crippen LogP contribution in [0.3, 0.4) is 0 Å².